The molecule has 3 heterocycles. The van der Waals surface area contributed by atoms with E-state index in [-0.39, 0.29) is 11.6 Å². The first kappa shape index (κ1) is 22.6. The molecular formula is C24H26N6O2S. The molecule has 0 unspecified atom stereocenters. The van der Waals surface area contributed by atoms with Gasteiger partial charge in [0.05, 0.1) is 15.9 Å². The summed E-state index contributed by atoms with van der Waals surface area (Å²) in [4.78, 5) is 35.9. The minimum atomic E-state index is -0.294. The number of pyridine rings is 2. The van der Waals surface area contributed by atoms with Gasteiger partial charge in [0.1, 0.15) is 0 Å². The lowest BCUT2D eigenvalue weighted by atomic mass is 10.0. The van der Waals surface area contributed by atoms with Crippen LogP contribution in [0.15, 0.2) is 59.7 Å². The van der Waals surface area contributed by atoms with Gasteiger partial charge in [-0.3, -0.25) is 15.1 Å². The van der Waals surface area contributed by atoms with Crippen LogP contribution in [0, 0.1) is 0 Å². The molecule has 0 aliphatic rings. The first-order chi connectivity index (χ1) is 15.9. The fourth-order valence-corrected chi connectivity index (χ4v) is 4.41. The molecule has 0 aliphatic carbocycles. The number of nitrogens with one attached hydrogen (secondary N) is 2. The Morgan fingerprint density at radius 1 is 1.15 bits per heavy atom. The Kier molecular flexibility index (Phi) is 6.81. The minimum absolute atomic E-state index is 0.0503. The third-order valence-electron chi connectivity index (χ3n) is 5.11. The molecule has 170 valence electrons. The number of hydrogen-bond acceptors (Lipinski definition) is 6. The van der Waals surface area contributed by atoms with Gasteiger partial charge in [-0.2, -0.15) is 0 Å². The number of urea groups is 1. The van der Waals surface area contributed by atoms with Gasteiger partial charge in [0.25, 0.3) is 5.56 Å². The SMILES string of the molecule is CCNC(=O)Nc1nc2cc(-c3ccn(CCN(C)C)c(=O)c3)cc(-c3ccccn3)c2s1. The summed E-state index contributed by atoms with van der Waals surface area (Å²) >= 11 is 1.40. The van der Waals surface area contributed by atoms with Crippen LogP contribution in [0.1, 0.15) is 6.92 Å². The number of hydrogen-bond donors (Lipinski definition) is 2. The van der Waals surface area contributed by atoms with E-state index < -0.39 is 0 Å². The molecule has 9 heteroatoms. The quantitative estimate of drug-likeness (QED) is 0.435. The molecule has 2 amide bonds. The monoisotopic (exact) mass is 462 g/mol. The van der Waals surface area contributed by atoms with Gasteiger partial charge in [-0.1, -0.05) is 17.4 Å². The molecule has 0 aliphatic heterocycles. The number of fused-ring (bicyclic) bond motifs is 1. The van der Waals surface area contributed by atoms with Gasteiger partial charge in [0, 0.05) is 43.7 Å². The van der Waals surface area contributed by atoms with E-state index in [0.29, 0.717) is 18.2 Å². The standard InChI is InChI=1S/C24H26N6O2S/c1-4-25-23(32)28-24-27-20-14-17(13-18(22(20)33-24)19-7-5-6-9-26-19)16-8-10-30(21(31)15-16)12-11-29(2)3/h5-10,13-15H,4,11-12H2,1-3H3,(H2,25,27,28,32). The average Bonchev–Trinajstić information content (AvgIpc) is 3.20. The molecule has 0 radical (unpaired) electrons. The molecular weight excluding hydrogens is 436 g/mol. The summed E-state index contributed by atoms with van der Waals surface area (Å²) in [6, 6.07) is 13.0. The maximum Gasteiger partial charge on any atom is 0.321 e. The fourth-order valence-electron chi connectivity index (χ4n) is 3.45. The molecule has 4 aromatic rings. The van der Waals surface area contributed by atoms with E-state index in [1.54, 1.807) is 16.8 Å². The van der Waals surface area contributed by atoms with Crippen molar-refractivity contribution < 1.29 is 4.79 Å². The largest absolute Gasteiger partial charge is 0.338 e. The molecule has 2 N–H and O–H groups in total. The van der Waals surface area contributed by atoms with Gasteiger partial charge in [0.15, 0.2) is 5.13 Å². The number of carbonyl (C=O) groups excluding carboxylic acids is 1. The predicted molar refractivity (Wildman–Crippen MR) is 134 cm³/mol. The van der Waals surface area contributed by atoms with Crippen molar-refractivity contribution in [2.24, 2.45) is 0 Å². The van der Waals surface area contributed by atoms with E-state index in [1.165, 1.54) is 11.3 Å². The highest BCUT2D eigenvalue weighted by Gasteiger charge is 2.15. The second-order valence-corrected chi connectivity index (χ2v) is 8.84. The van der Waals surface area contributed by atoms with E-state index >= 15 is 0 Å². The van der Waals surface area contributed by atoms with Crippen molar-refractivity contribution in [2.75, 3.05) is 32.5 Å². The van der Waals surface area contributed by atoms with Crippen LogP contribution in [0.4, 0.5) is 9.93 Å². The lowest BCUT2D eigenvalue weighted by Gasteiger charge is -2.12. The second kappa shape index (κ2) is 9.93. The second-order valence-electron chi connectivity index (χ2n) is 7.84. The smallest absolute Gasteiger partial charge is 0.321 e. The summed E-state index contributed by atoms with van der Waals surface area (Å²) in [5.41, 5.74) is 4.08. The number of likely N-dealkylation sites (N-methyl/N-ethyl adjacent to an activating group) is 1. The van der Waals surface area contributed by atoms with Crippen LogP contribution < -0.4 is 16.2 Å². The van der Waals surface area contributed by atoms with Crippen LogP contribution in [0.5, 0.6) is 0 Å². The van der Waals surface area contributed by atoms with Gasteiger partial charge < -0.3 is 14.8 Å². The number of rotatable bonds is 7. The van der Waals surface area contributed by atoms with Crippen LogP contribution in [0.2, 0.25) is 0 Å². The molecule has 3 aromatic heterocycles. The van der Waals surface area contributed by atoms with Crippen LogP contribution in [0.25, 0.3) is 32.6 Å². The maximum atomic E-state index is 12.7. The third-order valence-corrected chi connectivity index (χ3v) is 6.13. The van der Waals surface area contributed by atoms with Crippen LogP contribution in [-0.2, 0) is 6.54 Å². The van der Waals surface area contributed by atoms with Crippen molar-refractivity contribution >= 4 is 32.7 Å². The van der Waals surface area contributed by atoms with Crippen LogP contribution >= 0.6 is 11.3 Å². The van der Waals surface area contributed by atoms with Gasteiger partial charge >= 0.3 is 6.03 Å². The lowest BCUT2D eigenvalue weighted by Crippen LogP contribution is -2.28. The summed E-state index contributed by atoms with van der Waals surface area (Å²) in [6.07, 6.45) is 3.57. The summed E-state index contributed by atoms with van der Waals surface area (Å²) in [5.74, 6) is 0. The Hall–Kier alpha value is -3.56. The number of benzene rings is 1. The maximum absolute atomic E-state index is 12.7. The Labute approximate surface area is 195 Å². The number of anilines is 1. The van der Waals surface area contributed by atoms with Gasteiger partial charge in [-0.15, -0.1) is 0 Å². The van der Waals surface area contributed by atoms with E-state index in [1.807, 2.05) is 68.5 Å². The summed E-state index contributed by atoms with van der Waals surface area (Å²) in [5, 5.41) is 6.01. The van der Waals surface area contributed by atoms with E-state index in [0.717, 1.165) is 39.1 Å². The Morgan fingerprint density at radius 3 is 2.70 bits per heavy atom. The lowest BCUT2D eigenvalue weighted by molar-refractivity contribution is 0.252. The zero-order valence-corrected chi connectivity index (χ0v) is 19.6. The van der Waals surface area contributed by atoms with E-state index in [9.17, 15) is 9.59 Å². The number of amides is 2. The Bertz CT molecular complexity index is 1330. The summed E-state index contributed by atoms with van der Waals surface area (Å²) in [7, 11) is 3.97. The van der Waals surface area contributed by atoms with Crippen molar-refractivity contribution in [1.29, 1.82) is 0 Å². The van der Waals surface area contributed by atoms with Gasteiger partial charge in [-0.05, 0) is 62.5 Å². The fraction of sp³-hybridized carbons (Fsp3) is 0.250. The van der Waals surface area contributed by atoms with Crippen molar-refractivity contribution in [2.45, 2.75) is 13.5 Å². The molecule has 0 saturated carbocycles. The summed E-state index contributed by atoms with van der Waals surface area (Å²) in [6.45, 7) is 3.80. The Morgan fingerprint density at radius 2 is 2.00 bits per heavy atom. The number of aromatic nitrogens is 3. The highest BCUT2D eigenvalue weighted by Crippen LogP contribution is 2.37. The molecule has 1 aromatic carbocycles. The van der Waals surface area contributed by atoms with E-state index in [2.05, 4.69) is 20.6 Å². The number of nitrogens with zero attached hydrogens (tertiary/aromatic N) is 4. The number of thiazole rings is 1. The molecule has 0 saturated heterocycles. The highest BCUT2D eigenvalue weighted by molar-refractivity contribution is 7.22. The van der Waals surface area contributed by atoms with Crippen molar-refractivity contribution in [1.82, 2.24) is 24.8 Å². The molecule has 0 fully saturated rings. The first-order valence-corrected chi connectivity index (χ1v) is 11.5. The molecule has 33 heavy (non-hydrogen) atoms. The van der Waals surface area contributed by atoms with Crippen LogP contribution in [-0.4, -0.2) is 52.7 Å². The van der Waals surface area contributed by atoms with Gasteiger partial charge in [0.2, 0.25) is 0 Å². The average molecular weight is 463 g/mol. The molecule has 4 rings (SSSR count). The topological polar surface area (TPSA) is 92.2 Å². The van der Waals surface area contributed by atoms with Gasteiger partial charge in [-0.25, -0.2) is 9.78 Å². The van der Waals surface area contributed by atoms with Crippen LogP contribution in [0.3, 0.4) is 0 Å². The normalized spacial score (nSPS) is 11.2. The highest BCUT2D eigenvalue weighted by atomic mass is 32.1. The first-order valence-electron chi connectivity index (χ1n) is 10.7. The molecule has 0 bridgehead atoms. The van der Waals surface area contributed by atoms with E-state index in [4.69, 9.17) is 0 Å². The van der Waals surface area contributed by atoms with Crippen molar-refractivity contribution in [3.8, 4) is 22.4 Å². The summed E-state index contributed by atoms with van der Waals surface area (Å²) < 4.78 is 2.63. The molecule has 0 spiro atoms. The predicted octanol–water partition coefficient (Wildman–Crippen LogP) is 3.89. The zero-order chi connectivity index (χ0) is 23.4. The van der Waals surface area contributed by atoms with Crippen molar-refractivity contribution in [3.05, 3.63) is 65.2 Å². The zero-order valence-electron chi connectivity index (χ0n) is 18.8. The molecule has 0 atom stereocenters. The molecule has 8 nitrogen and oxygen atoms in total. The van der Waals surface area contributed by atoms with Crippen molar-refractivity contribution in [3.63, 3.8) is 0 Å². The number of carbonyl (C=O) groups is 1. The Balaban J connectivity index is 1.78. The minimum Gasteiger partial charge on any atom is -0.338 e. The third kappa shape index (κ3) is 5.27.